The normalized spacial score (nSPS) is 24.9. The monoisotopic (exact) mass is 270 g/mol. The maximum atomic E-state index is 12.7. The first-order chi connectivity index (χ1) is 8.17. The van der Waals surface area contributed by atoms with Crippen molar-refractivity contribution in [3.05, 3.63) is 0 Å². The maximum absolute atomic E-state index is 12.7. The van der Waals surface area contributed by atoms with Crippen LogP contribution in [-0.4, -0.2) is 55.6 Å². The second-order valence-corrected chi connectivity index (χ2v) is 3.87. The third kappa shape index (κ3) is 2.27. The number of urea groups is 1. The first-order valence-corrected chi connectivity index (χ1v) is 4.93. The minimum absolute atomic E-state index is 0.413. The van der Waals surface area contributed by atoms with Gasteiger partial charge in [0, 0.05) is 14.2 Å². The highest BCUT2D eigenvalue weighted by molar-refractivity contribution is 6.07. The molecule has 1 aliphatic heterocycles. The van der Waals surface area contributed by atoms with Gasteiger partial charge in [0.05, 0.1) is 6.54 Å². The Hall–Kier alpha value is -1.35. The summed E-state index contributed by atoms with van der Waals surface area (Å²) in [4.78, 5) is 23.5. The fourth-order valence-electron chi connectivity index (χ4n) is 1.45. The first kappa shape index (κ1) is 14.7. The van der Waals surface area contributed by atoms with Gasteiger partial charge in [-0.15, -0.1) is 0 Å². The van der Waals surface area contributed by atoms with Crippen LogP contribution in [-0.2, 0) is 14.3 Å². The van der Waals surface area contributed by atoms with Gasteiger partial charge in [-0.05, 0) is 6.92 Å². The van der Waals surface area contributed by atoms with Crippen molar-refractivity contribution >= 4 is 11.9 Å². The molecule has 0 bridgehead atoms. The van der Waals surface area contributed by atoms with E-state index < -0.39 is 36.5 Å². The molecule has 0 aliphatic carbocycles. The van der Waals surface area contributed by atoms with Crippen LogP contribution in [0.4, 0.5) is 18.0 Å². The van der Waals surface area contributed by atoms with Crippen LogP contribution in [0.25, 0.3) is 0 Å². The van der Waals surface area contributed by atoms with E-state index >= 15 is 0 Å². The number of hydrogen-bond donors (Lipinski definition) is 1. The van der Waals surface area contributed by atoms with E-state index in [2.05, 4.69) is 0 Å². The van der Waals surface area contributed by atoms with Crippen molar-refractivity contribution in [2.45, 2.75) is 24.9 Å². The average molecular weight is 270 g/mol. The maximum Gasteiger partial charge on any atom is 0.420 e. The summed E-state index contributed by atoms with van der Waals surface area (Å²) in [6.07, 6.45) is -5.85. The summed E-state index contributed by atoms with van der Waals surface area (Å²) in [6.45, 7) is 0.200. The number of ether oxygens (including phenoxy) is 2. The fraction of sp³-hybridized carbons (Fsp3) is 0.778. The van der Waals surface area contributed by atoms with E-state index in [-0.39, 0.29) is 0 Å². The largest absolute Gasteiger partial charge is 0.420 e. The molecule has 1 fully saturated rings. The molecule has 9 heteroatoms. The third-order valence-electron chi connectivity index (χ3n) is 2.70. The van der Waals surface area contributed by atoms with Crippen LogP contribution in [0.15, 0.2) is 0 Å². The lowest BCUT2D eigenvalue weighted by molar-refractivity contribution is -0.192. The molecular weight excluding hydrogens is 257 g/mol. The van der Waals surface area contributed by atoms with Crippen LogP contribution in [0.3, 0.4) is 0 Å². The van der Waals surface area contributed by atoms with Gasteiger partial charge in [0.25, 0.3) is 5.91 Å². The summed E-state index contributed by atoms with van der Waals surface area (Å²) in [5, 5.41) is 1.62. The number of nitrogens with zero attached hydrogens (tertiary/aromatic N) is 1. The molecule has 0 aromatic carbocycles. The minimum atomic E-state index is -4.87. The van der Waals surface area contributed by atoms with Crippen LogP contribution < -0.4 is 5.32 Å². The molecule has 0 spiro atoms. The van der Waals surface area contributed by atoms with Crippen LogP contribution in [0.5, 0.6) is 0 Å². The van der Waals surface area contributed by atoms with Gasteiger partial charge in [0.2, 0.25) is 5.54 Å². The van der Waals surface area contributed by atoms with Crippen molar-refractivity contribution < 1.29 is 32.2 Å². The van der Waals surface area contributed by atoms with Crippen molar-refractivity contribution in [3.8, 4) is 0 Å². The standard InChI is InChI=1S/C9H13F3N2O4/c1-8(9(10,11)12)6(15)14(7(16)13-8)4-5(17-2)18-3/h5H,4H2,1-3H3,(H,13,16). The molecule has 1 unspecified atom stereocenters. The van der Waals surface area contributed by atoms with E-state index in [4.69, 9.17) is 9.47 Å². The predicted octanol–water partition coefficient (Wildman–Crippen LogP) is 0.478. The number of hydrogen-bond acceptors (Lipinski definition) is 4. The zero-order chi connectivity index (χ0) is 14.1. The Kier molecular flexibility index (Phi) is 3.86. The number of halogens is 3. The molecule has 0 saturated carbocycles. The van der Waals surface area contributed by atoms with Gasteiger partial charge in [-0.1, -0.05) is 0 Å². The average Bonchev–Trinajstić information content (AvgIpc) is 2.48. The van der Waals surface area contributed by atoms with Crippen molar-refractivity contribution in [1.82, 2.24) is 10.2 Å². The molecule has 1 rings (SSSR count). The van der Waals surface area contributed by atoms with E-state index in [0.29, 0.717) is 11.8 Å². The van der Waals surface area contributed by atoms with Crippen molar-refractivity contribution in [1.29, 1.82) is 0 Å². The molecule has 104 valence electrons. The molecule has 0 aromatic rings. The number of nitrogens with one attached hydrogen (secondary N) is 1. The van der Waals surface area contributed by atoms with E-state index in [9.17, 15) is 22.8 Å². The zero-order valence-electron chi connectivity index (χ0n) is 10.00. The summed E-state index contributed by atoms with van der Waals surface area (Å²) in [5.41, 5.74) is -2.91. The molecule has 0 radical (unpaired) electrons. The van der Waals surface area contributed by atoms with Gasteiger partial charge in [-0.2, -0.15) is 13.2 Å². The Morgan fingerprint density at radius 3 is 2.17 bits per heavy atom. The van der Waals surface area contributed by atoms with Crippen molar-refractivity contribution in [3.63, 3.8) is 0 Å². The van der Waals surface area contributed by atoms with Gasteiger partial charge >= 0.3 is 12.2 Å². The highest BCUT2D eigenvalue weighted by Gasteiger charge is 2.64. The number of carbonyl (C=O) groups is 2. The smallest absolute Gasteiger partial charge is 0.354 e. The Morgan fingerprint density at radius 1 is 1.33 bits per heavy atom. The van der Waals surface area contributed by atoms with Gasteiger partial charge in [-0.25, -0.2) is 4.79 Å². The topological polar surface area (TPSA) is 67.9 Å². The predicted molar refractivity (Wildman–Crippen MR) is 52.5 cm³/mol. The Morgan fingerprint density at radius 2 is 1.83 bits per heavy atom. The molecule has 18 heavy (non-hydrogen) atoms. The second kappa shape index (κ2) is 4.73. The molecule has 1 N–H and O–H groups in total. The molecule has 1 saturated heterocycles. The van der Waals surface area contributed by atoms with E-state index in [1.807, 2.05) is 0 Å². The number of amides is 3. The summed E-state index contributed by atoms with van der Waals surface area (Å²) < 4.78 is 47.6. The number of methoxy groups -OCH3 is 2. The molecule has 6 nitrogen and oxygen atoms in total. The van der Waals surface area contributed by atoms with Crippen LogP contribution >= 0.6 is 0 Å². The lowest BCUT2D eigenvalue weighted by atomic mass is 10.0. The molecule has 1 heterocycles. The van der Waals surface area contributed by atoms with Crippen LogP contribution in [0, 0.1) is 0 Å². The van der Waals surface area contributed by atoms with E-state index in [0.717, 1.165) is 0 Å². The summed E-state index contributed by atoms with van der Waals surface area (Å²) in [6, 6.07) is -1.13. The number of imide groups is 1. The lowest BCUT2D eigenvalue weighted by Crippen LogP contribution is -2.56. The lowest BCUT2D eigenvalue weighted by Gasteiger charge is -2.25. The molecular formula is C9H13F3N2O4. The van der Waals surface area contributed by atoms with Crippen LogP contribution in [0.1, 0.15) is 6.92 Å². The Labute approximate surface area is 101 Å². The van der Waals surface area contributed by atoms with Gasteiger partial charge in [0.1, 0.15) is 0 Å². The van der Waals surface area contributed by atoms with Crippen molar-refractivity contribution in [2.24, 2.45) is 0 Å². The highest BCUT2D eigenvalue weighted by atomic mass is 19.4. The Balaban J connectivity index is 2.92. The zero-order valence-corrected chi connectivity index (χ0v) is 10.00. The molecule has 0 aromatic heterocycles. The third-order valence-corrected chi connectivity index (χ3v) is 2.70. The van der Waals surface area contributed by atoms with E-state index in [1.54, 1.807) is 5.32 Å². The molecule has 1 aliphatic rings. The second-order valence-electron chi connectivity index (χ2n) is 3.87. The van der Waals surface area contributed by atoms with Crippen LogP contribution in [0.2, 0.25) is 0 Å². The number of alkyl halides is 3. The summed E-state index contributed by atoms with van der Waals surface area (Å²) >= 11 is 0. The number of carbonyl (C=O) groups excluding carboxylic acids is 2. The summed E-state index contributed by atoms with van der Waals surface area (Å²) in [7, 11) is 2.49. The van der Waals surface area contributed by atoms with E-state index in [1.165, 1.54) is 14.2 Å². The van der Waals surface area contributed by atoms with Gasteiger partial charge in [0.15, 0.2) is 6.29 Å². The quantitative estimate of drug-likeness (QED) is 0.596. The molecule has 3 amide bonds. The SMILES string of the molecule is COC(CN1C(=O)NC(C)(C(F)(F)F)C1=O)OC. The minimum Gasteiger partial charge on any atom is -0.354 e. The van der Waals surface area contributed by atoms with Gasteiger partial charge in [-0.3, -0.25) is 9.69 Å². The van der Waals surface area contributed by atoms with Crippen molar-refractivity contribution in [2.75, 3.05) is 20.8 Å². The molecule has 1 atom stereocenters. The number of rotatable bonds is 4. The fourth-order valence-corrected chi connectivity index (χ4v) is 1.45. The van der Waals surface area contributed by atoms with Gasteiger partial charge < -0.3 is 14.8 Å². The first-order valence-electron chi connectivity index (χ1n) is 4.93. The Bertz CT molecular complexity index is 356. The summed E-state index contributed by atoms with van der Waals surface area (Å²) in [5.74, 6) is -1.38. The highest BCUT2D eigenvalue weighted by Crippen LogP contribution is 2.35.